The number of aryl methyl sites for hydroxylation is 1. The summed E-state index contributed by atoms with van der Waals surface area (Å²) < 4.78 is 15.4. The summed E-state index contributed by atoms with van der Waals surface area (Å²) in [5, 5.41) is 5.67. The molecule has 1 aliphatic heterocycles. The average Bonchev–Trinajstić information content (AvgIpc) is 3.25. The van der Waals surface area contributed by atoms with Gasteiger partial charge in [-0.15, -0.1) is 0 Å². The Labute approximate surface area is 210 Å². The fourth-order valence-corrected chi connectivity index (χ4v) is 4.84. The predicted octanol–water partition coefficient (Wildman–Crippen LogP) is 5.13. The number of aromatic nitrogens is 4. The highest BCUT2D eigenvalue weighted by atomic mass is 19.1. The van der Waals surface area contributed by atoms with Crippen LogP contribution in [0, 0.1) is 12.7 Å². The first-order valence-corrected chi connectivity index (χ1v) is 12.6. The van der Waals surface area contributed by atoms with E-state index in [9.17, 15) is 9.18 Å². The highest BCUT2D eigenvalue weighted by Crippen LogP contribution is 2.32. The SMILES string of the molecule is CCC[C@H](C)c1nc(N2CCN(C(=O)c3ccccc3)CC2)c2c(C)nn(-c3ccc(F)cc3)c2n1. The van der Waals surface area contributed by atoms with Gasteiger partial charge in [0.2, 0.25) is 0 Å². The Kier molecular flexibility index (Phi) is 6.67. The van der Waals surface area contributed by atoms with Crippen molar-refractivity contribution in [2.75, 3.05) is 31.1 Å². The molecule has 1 amide bonds. The Hall–Kier alpha value is -3.81. The van der Waals surface area contributed by atoms with Gasteiger partial charge >= 0.3 is 0 Å². The fourth-order valence-electron chi connectivity index (χ4n) is 4.84. The number of amides is 1. The van der Waals surface area contributed by atoms with Gasteiger partial charge in [0, 0.05) is 37.7 Å². The third-order valence-corrected chi connectivity index (χ3v) is 6.82. The van der Waals surface area contributed by atoms with E-state index in [1.807, 2.05) is 42.2 Å². The lowest BCUT2D eigenvalue weighted by Gasteiger charge is -2.36. The normalized spacial score (nSPS) is 14.9. The summed E-state index contributed by atoms with van der Waals surface area (Å²) in [6.07, 6.45) is 2.02. The number of hydrogen-bond acceptors (Lipinski definition) is 5. The van der Waals surface area contributed by atoms with E-state index in [0.29, 0.717) is 31.7 Å². The molecule has 1 aliphatic rings. The summed E-state index contributed by atoms with van der Waals surface area (Å²) in [6.45, 7) is 8.84. The van der Waals surface area contributed by atoms with Crippen LogP contribution in [0.25, 0.3) is 16.7 Å². The lowest BCUT2D eigenvalue weighted by Crippen LogP contribution is -2.49. The van der Waals surface area contributed by atoms with E-state index < -0.39 is 0 Å². The number of hydrogen-bond donors (Lipinski definition) is 0. The van der Waals surface area contributed by atoms with Crippen molar-refractivity contribution in [1.82, 2.24) is 24.6 Å². The molecule has 2 aromatic carbocycles. The molecular weight excluding hydrogens is 455 g/mol. The second kappa shape index (κ2) is 10.0. The Balaban J connectivity index is 1.51. The van der Waals surface area contributed by atoms with Crippen LogP contribution in [-0.2, 0) is 0 Å². The topological polar surface area (TPSA) is 67.2 Å². The molecule has 1 fully saturated rings. The molecule has 0 bridgehead atoms. The van der Waals surface area contributed by atoms with Crippen molar-refractivity contribution in [3.8, 4) is 5.69 Å². The van der Waals surface area contributed by atoms with Crippen molar-refractivity contribution in [2.45, 2.75) is 39.5 Å². The second-order valence-electron chi connectivity index (χ2n) is 9.41. The molecule has 36 heavy (non-hydrogen) atoms. The number of carbonyl (C=O) groups excluding carboxylic acids is 1. The third-order valence-electron chi connectivity index (χ3n) is 6.82. The molecule has 3 heterocycles. The molecule has 0 aliphatic carbocycles. The summed E-state index contributed by atoms with van der Waals surface area (Å²) in [4.78, 5) is 27.1. The Morgan fingerprint density at radius 1 is 1.00 bits per heavy atom. The zero-order valence-corrected chi connectivity index (χ0v) is 21.0. The highest BCUT2D eigenvalue weighted by molar-refractivity contribution is 5.95. The zero-order valence-electron chi connectivity index (χ0n) is 21.0. The number of anilines is 1. The van der Waals surface area contributed by atoms with Crippen LogP contribution in [0.3, 0.4) is 0 Å². The summed E-state index contributed by atoms with van der Waals surface area (Å²) in [5.74, 6) is 1.60. The van der Waals surface area contributed by atoms with Crippen molar-refractivity contribution in [1.29, 1.82) is 0 Å². The Bertz CT molecular complexity index is 1360. The van der Waals surface area contributed by atoms with E-state index in [1.165, 1.54) is 12.1 Å². The number of nitrogens with zero attached hydrogens (tertiary/aromatic N) is 6. The Morgan fingerprint density at radius 2 is 1.69 bits per heavy atom. The molecule has 7 nitrogen and oxygen atoms in total. The molecule has 0 radical (unpaired) electrons. The maximum atomic E-state index is 13.6. The molecule has 186 valence electrons. The molecular formula is C28H31FN6O. The van der Waals surface area contributed by atoms with E-state index in [1.54, 1.807) is 16.8 Å². The average molecular weight is 487 g/mol. The number of benzene rings is 2. The van der Waals surface area contributed by atoms with Crippen molar-refractivity contribution < 1.29 is 9.18 Å². The summed E-state index contributed by atoms with van der Waals surface area (Å²) >= 11 is 0. The number of fused-ring (bicyclic) bond motifs is 1. The molecule has 2 aromatic heterocycles. The van der Waals surface area contributed by atoms with Gasteiger partial charge in [0.05, 0.1) is 16.8 Å². The highest BCUT2D eigenvalue weighted by Gasteiger charge is 2.27. The van der Waals surface area contributed by atoms with Gasteiger partial charge in [0.15, 0.2) is 5.65 Å². The standard InChI is InChI=1S/C28H31FN6O/c1-4-8-19(2)25-30-26(33-15-17-34(18-16-33)28(36)21-9-6-5-7-10-21)24-20(3)32-35(27(24)31-25)23-13-11-22(29)12-14-23/h5-7,9-14,19H,4,8,15-18H2,1-3H3/t19-/m0/s1. The number of rotatable bonds is 6. The van der Waals surface area contributed by atoms with E-state index >= 15 is 0 Å². The van der Waals surface area contributed by atoms with Crippen LogP contribution >= 0.6 is 0 Å². The van der Waals surface area contributed by atoms with Crippen LogP contribution in [0.15, 0.2) is 54.6 Å². The van der Waals surface area contributed by atoms with Gasteiger partial charge in [0.25, 0.3) is 5.91 Å². The molecule has 0 unspecified atom stereocenters. The minimum atomic E-state index is -0.289. The van der Waals surface area contributed by atoms with Gasteiger partial charge in [-0.25, -0.2) is 19.0 Å². The van der Waals surface area contributed by atoms with E-state index in [4.69, 9.17) is 15.1 Å². The van der Waals surface area contributed by atoms with Crippen molar-refractivity contribution in [2.24, 2.45) is 0 Å². The Morgan fingerprint density at radius 3 is 2.36 bits per heavy atom. The quantitative estimate of drug-likeness (QED) is 0.378. The van der Waals surface area contributed by atoms with Gasteiger partial charge < -0.3 is 9.80 Å². The van der Waals surface area contributed by atoms with Gasteiger partial charge in [0.1, 0.15) is 17.5 Å². The smallest absolute Gasteiger partial charge is 0.253 e. The summed E-state index contributed by atoms with van der Waals surface area (Å²) in [5.41, 5.74) is 3.01. The van der Waals surface area contributed by atoms with Gasteiger partial charge in [-0.3, -0.25) is 4.79 Å². The van der Waals surface area contributed by atoms with Gasteiger partial charge in [-0.1, -0.05) is 38.5 Å². The van der Waals surface area contributed by atoms with Crippen LogP contribution < -0.4 is 4.90 Å². The minimum Gasteiger partial charge on any atom is -0.352 e. The van der Waals surface area contributed by atoms with E-state index in [2.05, 4.69) is 18.7 Å². The molecule has 0 spiro atoms. The predicted molar refractivity (Wildman–Crippen MR) is 139 cm³/mol. The van der Waals surface area contributed by atoms with E-state index in [0.717, 1.165) is 46.9 Å². The molecule has 1 atom stereocenters. The maximum Gasteiger partial charge on any atom is 0.253 e. The van der Waals surface area contributed by atoms with Crippen LogP contribution in [-0.4, -0.2) is 56.7 Å². The van der Waals surface area contributed by atoms with Crippen molar-refractivity contribution in [3.05, 3.63) is 77.5 Å². The van der Waals surface area contributed by atoms with Gasteiger partial charge in [-0.2, -0.15) is 5.10 Å². The van der Waals surface area contributed by atoms with Crippen molar-refractivity contribution in [3.63, 3.8) is 0 Å². The monoisotopic (exact) mass is 486 g/mol. The van der Waals surface area contributed by atoms with Crippen molar-refractivity contribution >= 4 is 22.8 Å². The minimum absolute atomic E-state index is 0.0562. The molecule has 0 N–H and O–H groups in total. The number of piperazine rings is 1. The van der Waals surface area contributed by atoms with Crippen LogP contribution in [0.5, 0.6) is 0 Å². The van der Waals surface area contributed by atoms with Gasteiger partial charge in [-0.05, 0) is 49.7 Å². The third kappa shape index (κ3) is 4.55. The summed E-state index contributed by atoms with van der Waals surface area (Å²) in [6, 6.07) is 15.7. The molecule has 8 heteroatoms. The summed E-state index contributed by atoms with van der Waals surface area (Å²) in [7, 11) is 0. The largest absolute Gasteiger partial charge is 0.352 e. The molecule has 5 rings (SSSR count). The first-order chi connectivity index (χ1) is 17.5. The fraction of sp³-hybridized carbons (Fsp3) is 0.357. The first kappa shape index (κ1) is 23.9. The number of carbonyl (C=O) groups is 1. The van der Waals surface area contributed by atoms with E-state index in [-0.39, 0.29) is 17.6 Å². The lowest BCUT2D eigenvalue weighted by molar-refractivity contribution is 0.0746. The maximum absolute atomic E-state index is 13.6. The van der Waals surface area contributed by atoms with Crippen LogP contribution in [0.4, 0.5) is 10.2 Å². The molecule has 4 aromatic rings. The lowest BCUT2D eigenvalue weighted by atomic mass is 10.1. The number of halogens is 1. The van der Waals surface area contributed by atoms with Crippen LogP contribution in [0.1, 0.15) is 54.5 Å². The second-order valence-corrected chi connectivity index (χ2v) is 9.41. The molecule has 0 saturated carbocycles. The molecule has 1 saturated heterocycles. The first-order valence-electron chi connectivity index (χ1n) is 12.6. The zero-order chi connectivity index (χ0) is 25.2. The van der Waals surface area contributed by atoms with Crippen LogP contribution in [0.2, 0.25) is 0 Å².